The highest BCUT2D eigenvalue weighted by Crippen LogP contribution is 2.57. The Kier molecular flexibility index (Phi) is 5.88. The number of carboxylic acids is 1. The molecule has 3 rings (SSSR count). The number of aliphatic carboxylic acids is 1. The topological polar surface area (TPSA) is 63.6 Å². The summed E-state index contributed by atoms with van der Waals surface area (Å²) in [5.41, 5.74) is 4.44. The zero-order valence-corrected chi connectivity index (χ0v) is 17.7. The lowest BCUT2D eigenvalue weighted by atomic mass is 9.50. The van der Waals surface area contributed by atoms with Crippen molar-refractivity contribution >= 4 is 11.9 Å². The molecule has 154 valence electrons. The summed E-state index contributed by atoms with van der Waals surface area (Å²) in [6.07, 6.45) is 5.35. The monoisotopic (exact) mass is 386 g/mol. The van der Waals surface area contributed by atoms with E-state index in [4.69, 9.17) is 9.84 Å². The molecule has 0 spiro atoms. The van der Waals surface area contributed by atoms with Crippen molar-refractivity contribution in [2.24, 2.45) is 11.3 Å². The summed E-state index contributed by atoms with van der Waals surface area (Å²) in [6.45, 7) is 9.53. The number of benzene rings is 1. The van der Waals surface area contributed by atoms with Crippen LogP contribution in [0.3, 0.4) is 0 Å². The molecule has 3 unspecified atom stereocenters. The number of carboxylic acid groups (broad SMARTS) is 1. The smallest absolute Gasteiger partial charge is 0.306 e. The second kappa shape index (κ2) is 7.88. The molecule has 0 saturated heterocycles. The van der Waals surface area contributed by atoms with E-state index in [9.17, 15) is 9.59 Å². The van der Waals surface area contributed by atoms with E-state index in [1.54, 1.807) is 0 Å². The van der Waals surface area contributed by atoms with Crippen LogP contribution in [0.1, 0.15) is 88.8 Å². The second-order valence-electron chi connectivity index (χ2n) is 9.64. The first-order valence-electron chi connectivity index (χ1n) is 10.7. The fraction of sp³-hybridized carbons (Fsp3) is 0.667. The maximum Gasteiger partial charge on any atom is 0.306 e. The molecule has 0 bridgehead atoms. The van der Waals surface area contributed by atoms with E-state index in [1.807, 2.05) is 0 Å². The van der Waals surface area contributed by atoms with E-state index in [2.05, 4.69) is 45.9 Å². The predicted molar refractivity (Wildman–Crippen MR) is 109 cm³/mol. The molecule has 1 saturated carbocycles. The SMILES string of the molecule is CC(C)c1ccc2c(c1)CCC1C(C)(COC(=O)CCC(=O)O)CCCC21C. The number of fused-ring (bicyclic) bond motifs is 3. The van der Waals surface area contributed by atoms with Crippen molar-refractivity contribution in [3.8, 4) is 0 Å². The van der Waals surface area contributed by atoms with Crippen LogP contribution in [0.5, 0.6) is 0 Å². The Bertz CT molecular complexity index is 753. The summed E-state index contributed by atoms with van der Waals surface area (Å²) in [6, 6.07) is 7.04. The summed E-state index contributed by atoms with van der Waals surface area (Å²) in [7, 11) is 0. The Hall–Kier alpha value is -1.84. The number of carbonyl (C=O) groups excluding carboxylic acids is 1. The van der Waals surface area contributed by atoms with Gasteiger partial charge in [0.1, 0.15) is 0 Å². The molecular formula is C24H34O4. The highest BCUT2D eigenvalue weighted by Gasteiger charge is 2.52. The minimum Gasteiger partial charge on any atom is -0.481 e. The van der Waals surface area contributed by atoms with Gasteiger partial charge in [-0.25, -0.2) is 0 Å². The van der Waals surface area contributed by atoms with Gasteiger partial charge in [-0.05, 0) is 59.6 Å². The first-order chi connectivity index (χ1) is 13.2. The number of carbonyl (C=O) groups is 2. The summed E-state index contributed by atoms with van der Waals surface area (Å²) >= 11 is 0. The first kappa shape index (κ1) is 20.9. The molecule has 1 fully saturated rings. The van der Waals surface area contributed by atoms with Crippen LogP contribution in [0.2, 0.25) is 0 Å². The van der Waals surface area contributed by atoms with E-state index < -0.39 is 11.9 Å². The molecular weight excluding hydrogens is 352 g/mol. The fourth-order valence-electron chi connectivity index (χ4n) is 5.70. The van der Waals surface area contributed by atoms with Gasteiger partial charge in [-0.1, -0.05) is 52.3 Å². The minimum absolute atomic E-state index is 0.0475. The van der Waals surface area contributed by atoms with Gasteiger partial charge in [-0.3, -0.25) is 9.59 Å². The van der Waals surface area contributed by atoms with Crippen LogP contribution in [-0.4, -0.2) is 23.7 Å². The van der Waals surface area contributed by atoms with Crippen LogP contribution in [-0.2, 0) is 26.2 Å². The van der Waals surface area contributed by atoms with Crippen LogP contribution in [0.15, 0.2) is 18.2 Å². The van der Waals surface area contributed by atoms with Crippen LogP contribution < -0.4 is 0 Å². The van der Waals surface area contributed by atoms with Gasteiger partial charge in [0.2, 0.25) is 0 Å². The van der Waals surface area contributed by atoms with Crippen molar-refractivity contribution in [1.29, 1.82) is 0 Å². The van der Waals surface area contributed by atoms with E-state index in [0.29, 0.717) is 18.4 Å². The molecule has 0 aromatic heterocycles. The van der Waals surface area contributed by atoms with Gasteiger partial charge in [-0.2, -0.15) is 0 Å². The van der Waals surface area contributed by atoms with E-state index >= 15 is 0 Å². The van der Waals surface area contributed by atoms with Crippen molar-refractivity contribution in [1.82, 2.24) is 0 Å². The zero-order chi connectivity index (χ0) is 20.5. The Labute approximate surface area is 168 Å². The van der Waals surface area contributed by atoms with Crippen molar-refractivity contribution in [3.05, 3.63) is 34.9 Å². The van der Waals surface area contributed by atoms with Gasteiger partial charge >= 0.3 is 11.9 Å². The molecule has 28 heavy (non-hydrogen) atoms. The third-order valence-corrected chi connectivity index (χ3v) is 7.27. The average Bonchev–Trinajstić information content (AvgIpc) is 2.64. The second-order valence-corrected chi connectivity index (χ2v) is 9.64. The Balaban J connectivity index is 1.79. The van der Waals surface area contributed by atoms with Crippen molar-refractivity contribution < 1.29 is 19.4 Å². The van der Waals surface area contributed by atoms with Crippen LogP contribution >= 0.6 is 0 Å². The molecule has 0 radical (unpaired) electrons. The van der Waals surface area contributed by atoms with Gasteiger partial charge in [-0.15, -0.1) is 0 Å². The first-order valence-corrected chi connectivity index (χ1v) is 10.7. The van der Waals surface area contributed by atoms with Crippen LogP contribution in [0.4, 0.5) is 0 Å². The van der Waals surface area contributed by atoms with E-state index in [-0.39, 0.29) is 23.7 Å². The van der Waals surface area contributed by atoms with Gasteiger partial charge in [0.15, 0.2) is 0 Å². The van der Waals surface area contributed by atoms with E-state index in [0.717, 1.165) is 25.7 Å². The number of rotatable bonds is 6. The Morgan fingerprint density at radius 2 is 1.96 bits per heavy atom. The number of esters is 1. The lowest BCUT2D eigenvalue weighted by Gasteiger charge is -2.55. The molecule has 0 aliphatic heterocycles. The van der Waals surface area contributed by atoms with Crippen molar-refractivity contribution in [3.63, 3.8) is 0 Å². The third kappa shape index (κ3) is 3.97. The summed E-state index contributed by atoms with van der Waals surface area (Å²) in [5.74, 6) is -0.345. The molecule has 0 amide bonds. The molecule has 4 heteroatoms. The lowest BCUT2D eigenvalue weighted by Crippen LogP contribution is -2.51. The summed E-state index contributed by atoms with van der Waals surface area (Å²) in [5, 5.41) is 8.76. The number of ether oxygens (including phenoxy) is 1. The standard InChI is InChI=1S/C24H34O4/c1-16(2)17-6-8-19-18(14-17)7-9-20-23(3,12-5-13-24(19,20)4)15-28-22(27)11-10-21(25)26/h6,8,14,16,20H,5,7,9-13,15H2,1-4H3,(H,25,26). The Morgan fingerprint density at radius 1 is 1.21 bits per heavy atom. The maximum absolute atomic E-state index is 12.0. The quantitative estimate of drug-likeness (QED) is 0.680. The summed E-state index contributed by atoms with van der Waals surface area (Å²) in [4.78, 5) is 22.7. The highest BCUT2D eigenvalue weighted by molar-refractivity contribution is 5.76. The molecule has 0 heterocycles. The fourth-order valence-corrected chi connectivity index (χ4v) is 5.70. The van der Waals surface area contributed by atoms with Gasteiger partial charge in [0, 0.05) is 5.41 Å². The normalized spacial score (nSPS) is 29.1. The molecule has 1 aromatic rings. The number of hydrogen-bond donors (Lipinski definition) is 1. The van der Waals surface area contributed by atoms with Gasteiger partial charge < -0.3 is 9.84 Å². The predicted octanol–water partition coefficient (Wildman–Crippen LogP) is 5.23. The maximum atomic E-state index is 12.0. The lowest BCUT2D eigenvalue weighted by molar-refractivity contribution is -0.153. The van der Waals surface area contributed by atoms with E-state index in [1.165, 1.54) is 23.1 Å². The van der Waals surface area contributed by atoms with Crippen LogP contribution in [0.25, 0.3) is 0 Å². The zero-order valence-electron chi connectivity index (χ0n) is 17.7. The van der Waals surface area contributed by atoms with Crippen molar-refractivity contribution in [2.75, 3.05) is 6.61 Å². The minimum atomic E-state index is -0.960. The molecule has 4 nitrogen and oxygen atoms in total. The third-order valence-electron chi connectivity index (χ3n) is 7.27. The van der Waals surface area contributed by atoms with Gasteiger partial charge in [0.05, 0.1) is 19.4 Å². The molecule has 3 atom stereocenters. The number of hydrogen-bond acceptors (Lipinski definition) is 3. The number of aryl methyl sites for hydroxylation is 1. The highest BCUT2D eigenvalue weighted by atomic mass is 16.5. The molecule has 1 aromatic carbocycles. The van der Waals surface area contributed by atoms with Crippen LogP contribution in [0, 0.1) is 11.3 Å². The van der Waals surface area contributed by atoms with Gasteiger partial charge in [0.25, 0.3) is 0 Å². The largest absolute Gasteiger partial charge is 0.481 e. The average molecular weight is 387 g/mol. The molecule has 2 aliphatic rings. The molecule has 1 N–H and O–H groups in total. The summed E-state index contributed by atoms with van der Waals surface area (Å²) < 4.78 is 5.57. The molecule has 2 aliphatic carbocycles. The Morgan fingerprint density at radius 3 is 2.64 bits per heavy atom. The van der Waals surface area contributed by atoms with Crippen molar-refractivity contribution in [2.45, 2.75) is 84.0 Å².